The maximum Gasteiger partial charge on any atom is 0.338 e. The predicted molar refractivity (Wildman–Crippen MR) is 156 cm³/mol. The Balaban J connectivity index is 1.53. The lowest BCUT2D eigenvalue weighted by atomic mass is 9.96. The zero-order chi connectivity index (χ0) is 29.1. The number of hydrogen-bond donors (Lipinski definition) is 0. The van der Waals surface area contributed by atoms with Gasteiger partial charge in [-0.25, -0.2) is 14.2 Å². The number of aromatic nitrogens is 1. The molecule has 0 N–H and O–H groups in total. The normalized spacial score (nSPS) is 14.9. The third-order valence-corrected chi connectivity index (χ3v) is 7.73. The quantitative estimate of drug-likeness (QED) is 0.264. The van der Waals surface area contributed by atoms with Gasteiger partial charge >= 0.3 is 5.97 Å². The maximum absolute atomic E-state index is 13.8. The number of benzene rings is 3. The van der Waals surface area contributed by atoms with Gasteiger partial charge in [0, 0.05) is 5.02 Å². The largest absolute Gasteiger partial charge is 0.493 e. The van der Waals surface area contributed by atoms with E-state index in [2.05, 4.69) is 4.99 Å². The average molecular weight is 593 g/mol. The Bertz CT molecular complexity index is 1810. The summed E-state index contributed by atoms with van der Waals surface area (Å²) >= 11 is 7.16. The molecule has 0 saturated carbocycles. The molecule has 7 nitrogen and oxygen atoms in total. The number of allylic oxidation sites excluding steroid dienone is 1. The van der Waals surface area contributed by atoms with Crippen LogP contribution in [0.2, 0.25) is 5.02 Å². The maximum atomic E-state index is 13.8. The van der Waals surface area contributed by atoms with Gasteiger partial charge in [-0.2, -0.15) is 0 Å². The van der Waals surface area contributed by atoms with E-state index in [0.717, 1.165) is 5.56 Å². The molecule has 3 aromatic carbocycles. The van der Waals surface area contributed by atoms with Gasteiger partial charge < -0.3 is 14.2 Å². The van der Waals surface area contributed by atoms with Crippen LogP contribution in [0.5, 0.6) is 11.5 Å². The first-order valence-corrected chi connectivity index (χ1v) is 14.0. The molecule has 1 aliphatic heterocycles. The van der Waals surface area contributed by atoms with E-state index in [4.69, 9.17) is 25.8 Å². The molecule has 4 aromatic rings. The van der Waals surface area contributed by atoms with Crippen LogP contribution in [0, 0.1) is 5.82 Å². The van der Waals surface area contributed by atoms with Crippen LogP contribution in [0.15, 0.2) is 87.8 Å². The smallest absolute Gasteiger partial charge is 0.338 e. The molecule has 10 heteroatoms. The highest BCUT2D eigenvalue weighted by atomic mass is 35.5. The predicted octanol–water partition coefficient (Wildman–Crippen LogP) is 5.18. The Morgan fingerprint density at radius 2 is 1.83 bits per heavy atom. The first kappa shape index (κ1) is 28.3. The topological polar surface area (TPSA) is 79.1 Å². The summed E-state index contributed by atoms with van der Waals surface area (Å²) in [5.74, 6) is 0.0579. The fraction of sp³-hybridized carbons (Fsp3) is 0.194. The molecule has 0 aliphatic carbocycles. The minimum atomic E-state index is -0.814. The summed E-state index contributed by atoms with van der Waals surface area (Å²) < 4.78 is 32.4. The summed E-state index contributed by atoms with van der Waals surface area (Å²) in [5.41, 5.74) is 2.58. The van der Waals surface area contributed by atoms with Crippen molar-refractivity contribution in [2.75, 3.05) is 13.7 Å². The highest BCUT2D eigenvalue weighted by molar-refractivity contribution is 7.07. The van der Waals surface area contributed by atoms with Gasteiger partial charge in [-0.1, -0.05) is 53.3 Å². The third-order valence-electron chi connectivity index (χ3n) is 6.50. The lowest BCUT2D eigenvalue weighted by molar-refractivity contribution is -0.139. The first-order valence-electron chi connectivity index (χ1n) is 12.8. The molecule has 1 atom stereocenters. The van der Waals surface area contributed by atoms with E-state index in [1.54, 1.807) is 63.4 Å². The summed E-state index contributed by atoms with van der Waals surface area (Å²) in [4.78, 5) is 31.7. The molecule has 1 aromatic heterocycles. The number of fused-ring (bicyclic) bond motifs is 1. The summed E-state index contributed by atoms with van der Waals surface area (Å²) in [5, 5.41) is 0.650. The second-order valence-electron chi connectivity index (χ2n) is 9.18. The van der Waals surface area contributed by atoms with Crippen LogP contribution >= 0.6 is 22.9 Å². The number of nitrogens with zero attached hydrogens (tertiary/aromatic N) is 2. The molecule has 0 unspecified atom stereocenters. The number of halogens is 2. The van der Waals surface area contributed by atoms with E-state index >= 15 is 0 Å². The van der Waals surface area contributed by atoms with Gasteiger partial charge in [0.15, 0.2) is 16.3 Å². The lowest BCUT2D eigenvalue weighted by Gasteiger charge is -2.24. The molecule has 0 amide bonds. The molecular formula is C31H26ClFN2O5S. The van der Waals surface area contributed by atoms with Crippen molar-refractivity contribution in [1.29, 1.82) is 0 Å². The van der Waals surface area contributed by atoms with Crippen LogP contribution in [0.4, 0.5) is 4.39 Å². The van der Waals surface area contributed by atoms with E-state index in [-0.39, 0.29) is 17.7 Å². The van der Waals surface area contributed by atoms with Crippen LogP contribution in [-0.4, -0.2) is 24.3 Å². The standard InChI is InChI=1S/C31H26ClFN2O5S/c1-4-39-30(37)27-18(2)34-31-35(28(27)21-8-12-23(33)13-9-21)29(36)26(41-31)16-20-7-14-24(25(15-20)38-3)40-17-19-5-10-22(32)11-6-19/h5-16,28H,4,17H2,1-3H3/b26-16-/t28-/m1/s1. The van der Waals surface area contributed by atoms with E-state index in [9.17, 15) is 14.0 Å². The number of methoxy groups -OCH3 is 1. The fourth-order valence-corrected chi connectivity index (χ4v) is 5.71. The minimum Gasteiger partial charge on any atom is -0.493 e. The second kappa shape index (κ2) is 12.1. The molecule has 1 aliphatic rings. The van der Waals surface area contributed by atoms with Gasteiger partial charge in [-0.05, 0) is 73.0 Å². The van der Waals surface area contributed by atoms with Gasteiger partial charge in [0.05, 0.1) is 35.6 Å². The Morgan fingerprint density at radius 1 is 1.10 bits per heavy atom. The lowest BCUT2D eigenvalue weighted by Crippen LogP contribution is -2.39. The Kier molecular flexibility index (Phi) is 8.37. The van der Waals surface area contributed by atoms with E-state index in [1.165, 1.54) is 28.0 Å². The Hall–Kier alpha value is -4.21. The number of thiazole rings is 1. The number of rotatable bonds is 8. The fourth-order valence-electron chi connectivity index (χ4n) is 4.54. The van der Waals surface area contributed by atoms with Crippen molar-refractivity contribution in [2.45, 2.75) is 26.5 Å². The van der Waals surface area contributed by atoms with Gasteiger partial charge in [-0.15, -0.1) is 0 Å². The molecule has 210 valence electrons. The Labute approximate surface area is 244 Å². The van der Waals surface area contributed by atoms with Crippen molar-refractivity contribution in [1.82, 2.24) is 4.57 Å². The number of carbonyl (C=O) groups excluding carboxylic acids is 1. The summed E-state index contributed by atoms with van der Waals surface area (Å²) in [6.07, 6.45) is 1.74. The van der Waals surface area contributed by atoms with Gasteiger partial charge in [0.2, 0.25) is 0 Å². The van der Waals surface area contributed by atoms with Gasteiger partial charge in [-0.3, -0.25) is 9.36 Å². The van der Waals surface area contributed by atoms with Gasteiger partial charge in [0.25, 0.3) is 5.56 Å². The Morgan fingerprint density at radius 3 is 2.51 bits per heavy atom. The molecule has 0 bridgehead atoms. The number of esters is 1. The summed E-state index contributed by atoms with van der Waals surface area (Å²) in [6.45, 7) is 3.90. The highest BCUT2D eigenvalue weighted by Crippen LogP contribution is 2.31. The number of carbonyl (C=O) groups is 1. The molecule has 2 heterocycles. The second-order valence-corrected chi connectivity index (χ2v) is 10.6. The van der Waals surface area contributed by atoms with Crippen LogP contribution < -0.4 is 24.4 Å². The summed E-state index contributed by atoms with van der Waals surface area (Å²) in [7, 11) is 1.55. The van der Waals surface area contributed by atoms with Crippen molar-refractivity contribution >= 4 is 35.0 Å². The molecule has 41 heavy (non-hydrogen) atoms. The number of hydrogen-bond acceptors (Lipinski definition) is 7. The van der Waals surface area contributed by atoms with Crippen molar-refractivity contribution < 1.29 is 23.4 Å². The zero-order valence-electron chi connectivity index (χ0n) is 22.5. The molecule has 0 saturated heterocycles. The van der Waals surface area contributed by atoms with Crippen molar-refractivity contribution in [3.8, 4) is 11.5 Å². The number of ether oxygens (including phenoxy) is 3. The minimum absolute atomic E-state index is 0.164. The SMILES string of the molecule is CCOC(=O)C1=C(C)N=c2s/c(=C\c3ccc(OCc4ccc(Cl)cc4)c(OC)c3)c(=O)n2[C@@H]1c1ccc(F)cc1. The van der Waals surface area contributed by atoms with Crippen LogP contribution in [0.25, 0.3) is 6.08 Å². The third kappa shape index (κ3) is 5.96. The zero-order valence-corrected chi connectivity index (χ0v) is 24.1. The summed E-state index contributed by atoms with van der Waals surface area (Å²) in [6, 6.07) is 17.7. The molecule has 0 fully saturated rings. The average Bonchev–Trinajstić information content (AvgIpc) is 3.26. The van der Waals surface area contributed by atoms with Crippen molar-refractivity contribution in [3.63, 3.8) is 0 Å². The molecular weight excluding hydrogens is 567 g/mol. The molecule has 0 radical (unpaired) electrons. The highest BCUT2D eigenvalue weighted by Gasteiger charge is 2.33. The van der Waals surface area contributed by atoms with Crippen LogP contribution in [0.3, 0.4) is 0 Å². The van der Waals surface area contributed by atoms with Gasteiger partial charge in [0.1, 0.15) is 12.4 Å². The van der Waals surface area contributed by atoms with E-state index < -0.39 is 17.8 Å². The first-order chi connectivity index (χ1) is 19.8. The van der Waals surface area contributed by atoms with Crippen molar-refractivity contribution in [3.05, 3.63) is 125 Å². The van der Waals surface area contributed by atoms with Crippen molar-refractivity contribution in [2.24, 2.45) is 4.99 Å². The monoisotopic (exact) mass is 592 g/mol. The van der Waals surface area contributed by atoms with E-state index in [1.807, 2.05) is 18.2 Å². The molecule has 5 rings (SSSR count). The van der Waals surface area contributed by atoms with Crippen LogP contribution in [0.1, 0.15) is 36.6 Å². The van der Waals surface area contributed by atoms with E-state index in [0.29, 0.717) is 49.3 Å². The van der Waals surface area contributed by atoms with Crippen LogP contribution in [-0.2, 0) is 16.1 Å². The molecule has 0 spiro atoms.